The first-order chi connectivity index (χ1) is 10.6. The van der Waals surface area contributed by atoms with E-state index in [0.29, 0.717) is 12.1 Å². The van der Waals surface area contributed by atoms with E-state index in [4.69, 9.17) is 4.99 Å². The van der Waals surface area contributed by atoms with E-state index in [1.54, 1.807) is 0 Å². The Hall–Kier alpha value is -0.820. The van der Waals surface area contributed by atoms with Crippen molar-refractivity contribution in [2.45, 2.75) is 38.8 Å². The van der Waals surface area contributed by atoms with Gasteiger partial charge in [0.1, 0.15) is 0 Å². The Kier molecular flexibility index (Phi) is 8.91. The SMILES string of the molecule is CCNC(=NCC(Cc1ccccc1)N(C)C)NC1CC1C.I. The average molecular weight is 430 g/mol. The zero-order valence-corrected chi connectivity index (χ0v) is 17.1. The monoisotopic (exact) mass is 430 g/mol. The highest BCUT2D eigenvalue weighted by atomic mass is 127. The largest absolute Gasteiger partial charge is 0.357 e. The number of rotatable bonds is 7. The minimum Gasteiger partial charge on any atom is -0.357 e. The Labute approximate surface area is 158 Å². The smallest absolute Gasteiger partial charge is 0.191 e. The third kappa shape index (κ3) is 7.08. The molecular weight excluding hydrogens is 399 g/mol. The molecule has 1 aromatic carbocycles. The van der Waals surface area contributed by atoms with Gasteiger partial charge in [-0.2, -0.15) is 0 Å². The summed E-state index contributed by atoms with van der Waals surface area (Å²) >= 11 is 0. The van der Waals surface area contributed by atoms with Gasteiger partial charge in [0.05, 0.1) is 6.54 Å². The first-order valence-corrected chi connectivity index (χ1v) is 8.35. The van der Waals surface area contributed by atoms with E-state index in [-0.39, 0.29) is 24.0 Å². The van der Waals surface area contributed by atoms with Gasteiger partial charge >= 0.3 is 0 Å². The Morgan fingerprint density at radius 1 is 1.30 bits per heavy atom. The van der Waals surface area contributed by atoms with E-state index in [2.05, 4.69) is 73.8 Å². The molecule has 0 aliphatic heterocycles. The average Bonchev–Trinajstić information content (AvgIpc) is 3.19. The van der Waals surface area contributed by atoms with Crippen LogP contribution in [0, 0.1) is 5.92 Å². The van der Waals surface area contributed by atoms with Crippen molar-refractivity contribution >= 4 is 29.9 Å². The van der Waals surface area contributed by atoms with E-state index >= 15 is 0 Å². The van der Waals surface area contributed by atoms with E-state index in [0.717, 1.165) is 31.4 Å². The van der Waals surface area contributed by atoms with Crippen molar-refractivity contribution in [1.82, 2.24) is 15.5 Å². The van der Waals surface area contributed by atoms with Gasteiger partial charge in [0.2, 0.25) is 0 Å². The number of aliphatic imine (C=N–C) groups is 1. The van der Waals surface area contributed by atoms with Gasteiger partial charge < -0.3 is 15.5 Å². The Balaban J connectivity index is 0.00000264. The van der Waals surface area contributed by atoms with E-state index < -0.39 is 0 Å². The maximum atomic E-state index is 4.80. The van der Waals surface area contributed by atoms with Crippen LogP contribution >= 0.6 is 24.0 Å². The number of hydrogen-bond acceptors (Lipinski definition) is 2. The third-order valence-corrected chi connectivity index (χ3v) is 4.28. The van der Waals surface area contributed by atoms with Crippen LogP contribution in [-0.2, 0) is 6.42 Å². The summed E-state index contributed by atoms with van der Waals surface area (Å²) in [4.78, 5) is 7.06. The molecule has 1 fully saturated rings. The second kappa shape index (κ2) is 10.1. The summed E-state index contributed by atoms with van der Waals surface area (Å²) in [5, 5.41) is 6.87. The summed E-state index contributed by atoms with van der Waals surface area (Å²) in [5.74, 6) is 1.73. The van der Waals surface area contributed by atoms with Crippen LogP contribution < -0.4 is 10.6 Å². The minimum absolute atomic E-state index is 0. The van der Waals surface area contributed by atoms with Gasteiger partial charge in [0.15, 0.2) is 5.96 Å². The molecule has 0 heterocycles. The molecule has 1 saturated carbocycles. The van der Waals surface area contributed by atoms with Gasteiger partial charge in [-0.15, -0.1) is 24.0 Å². The Morgan fingerprint density at radius 3 is 2.48 bits per heavy atom. The summed E-state index contributed by atoms with van der Waals surface area (Å²) in [7, 11) is 4.26. The molecule has 0 saturated heterocycles. The number of halogens is 1. The molecule has 3 unspecified atom stereocenters. The molecule has 0 aromatic heterocycles. The molecule has 2 N–H and O–H groups in total. The first-order valence-electron chi connectivity index (χ1n) is 8.35. The molecule has 1 aromatic rings. The number of likely N-dealkylation sites (N-methyl/N-ethyl adjacent to an activating group) is 1. The lowest BCUT2D eigenvalue weighted by molar-refractivity contribution is 0.298. The summed E-state index contributed by atoms with van der Waals surface area (Å²) in [6.45, 7) is 6.09. The highest BCUT2D eigenvalue weighted by molar-refractivity contribution is 14.0. The molecule has 23 heavy (non-hydrogen) atoms. The van der Waals surface area contributed by atoms with Crippen molar-refractivity contribution < 1.29 is 0 Å². The Bertz CT molecular complexity index is 475. The van der Waals surface area contributed by atoms with Crippen LogP contribution in [0.1, 0.15) is 25.8 Å². The fourth-order valence-electron chi connectivity index (χ4n) is 2.51. The summed E-state index contributed by atoms with van der Waals surface area (Å²) in [6.07, 6.45) is 2.28. The molecule has 0 radical (unpaired) electrons. The number of nitrogens with one attached hydrogen (secondary N) is 2. The van der Waals surface area contributed by atoms with Crippen molar-refractivity contribution in [2.24, 2.45) is 10.9 Å². The van der Waals surface area contributed by atoms with Crippen molar-refractivity contribution in [1.29, 1.82) is 0 Å². The topological polar surface area (TPSA) is 39.7 Å². The predicted octanol–water partition coefficient (Wildman–Crippen LogP) is 2.74. The van der Waals surface area contributed by atoms with Gasteiger partial charge in [-0.25, -0.2) is 0 Å². The lowest BCUT2D eigenvalue weighted by Gasteiger charge is -2.23. The predicted molar refractivity (Wildman–Crippen MR) is 110 cm³/mol. The highest BCUT2D eigenvalue weighted by Gasteiger charge is 2.33. The molecule has 130 valence electrons. The number of guanidine groups is 1. The lowest BCUT2D eigenvalue weighted by Crippen LogP contribution is -2.41. The van der Waals surface area contributed by atoms with Crippen molar-refractivity contribution in [3.8, 4) is 0 Å². The molecule has 5 heteroatoms. The summed E-state index contributed by atoms with van der Waals surface area (Å²) in [6, 6.07) is 11.7. The highest BCUT2D eigenvalue weighted by Crippen LogP contribution is 2.28. The van der Waals surface area contributed by atoms with Crippen LogP contribution in [0.3, 0.4) is 0 Å². The first kappa shape index (κ1) is 20.2. The second-order valence-electron chi connectivity index (χ2n) is 6.49. The normalized spacial score (nSPS) is 21.5. The number of nitrogens with zero attached hydrogens (tertiary/aromatic N) is 2. The van der Waals surface area contributed by atoms with E-state index in [9.17, 15) is 0 Å². The van der Waals surface area contributed by atoms with Gasteiger partial charge in [0, 0.05) is 18.6 Å². The van der Waals surface area contributed by atoms with Crippen molar-refractivity contribution in [3.05, 3.63) is 35.9 Å². The maximum Gasteiger partial charge on any atom is 0.191 e. The minimum atomic E-state index is 0. The fourth-order valence-corrected chi connectivity index (χ4v) is 2.51. The molecule has 1 aliphatic carbocycles. The maximum absolute atomic E-state index is 4.80. The molecule has 3 atom stereocenters. The number of hydrogen-bond donors (Lipinski definition) is 2. The quantitative estimate of drug-likeness (QED) is 0.397. The third-order valence-electron chi connectivity index (χ3n) is 4.28. The second-order valence-corrected chi connectivity index (χ2v) is 6.49. The van der Waals surface area contributed by atoms with E-state index in [1.807, 2.05) is 0 Å². The lowest BCUT2D eigenvalue weighted by atomic mass is 10.1. The van der Waals surface area contributed by atoms with E-state index in [1.165, 1.54) is 12.0 Å². The molecule has 0 amide bonds. The van der Waals surface area contributed by atoms with Crippen molar-refractivity contribution in [2.75, 3.05) is 27.2 Å². The van der Waals surface area contributed by atoms with Gasteiger partial charge in [-0.1, -0.05) is 37.3 Å². The van der Waals surface area contributed by atoms with Gasteiger partial charge in [0.25, 0.3) is 0 Å². The standard InChI is InChI=1S/C18H30N4.HI/c1-5-19-18(21-17-11-14(17)2)20-13-16(22(3)4)12-15-9-7-6-8-10-15;/h6-10,14,16-17H,5,11-13H2,1-4H3,(H2,19,20,21);1H. The van der Waals surface area contributed by atoms with Gasteiger partial charge in [-0.3, -0.25) is 4.99 Å². The Morgan fingerprint density at radius 2 is 1.96 bits per heavy atom. The molecule has 4 nitrogen and oxygen atoms in total. The number of benzene rings is 1. The zero-order valence-electron chi connectivity index (χ0n) is 14.7. The molecule has 0 spiro atoms. The van der Waals surface area contributed by atoms with Crippen LogP contribution in [0.25, 0.3) is 0 Å². The molecule has 1 aliphatic rings. The van der Waals surface area contributed by atoms with Crippen LogP contribution in [-0.4, -0.2) is 50.1 Å². The molecular formula is C18H31IN4. The van der Waals surface area contributed by atoms with Crippen LogP contribution in [0.4, 0.5) is 0 Å². The molecule has 0 bridgehead atoms. The van der Waals surface area contributed by atoms with Crippen molar-refractivity contribution in [3.63, 3.8) is 0 Å². The van der Waals surface area contributed by atoms with Crippen LogP contribution in [0.5, 0.6) is 0 Å². The van der Waals surface area contributed by atoms with Crippen LogP contribution in [0.15, 0.2) is 35.3 Å². The summed E-state index contributed by atoms with van der Waals surface area (Å²) < 4.78 is 0. The summed E-state index contributed by atoms with van der Waals surface area (Å²) in [5.41, 5.74) is 1.37. The van der Waals surface area contributed by atoms with Crippen LogP contribution in [0.2, 0.25) is 0 Å². The van der Waals surface area contributed by atoms with Gasteiger partial charge in [-0.05, 0) is 45.3 Å². The fraction of sp³-hybridized carbons (Fsp3) is 0.611. The zero-order chi connectivity index (χ0) is 15.9. The molecule has 2 rings (SSSR count).